The van der Waals surface area contributed by atoms with Crippen LogP contribution in [0.15, 0.2) is 16.4 Å². The molecule has 51 heavy (non-hydrogen) atoms. The number of aromatic hydroxyl groups is 1. The van der Waals surface area contributed by atoms with Gasteiger partial charge in [-0.2, -0.15) is 0 Å². The second-order valence-corrected chi connectivity index (χ2v) is 16.8. The van der Waals surface area contributed by atoms with Crippen LogP contribution in [0.25, 0.3) is 0 Å². The van der Waals surface area contributed by atoms with Crippen LogP contribution in [0.5, 0.6) is 11.5 Å². The van der Waals surface area contributed by atoms with Gasteiger partial charge in [0.05, 0.1) is 40.8 Å². The number of nitrogens with zero attached hydrogens (tertiary/aromatic N) is 2. The van der Waals surface area contributed by atoms with Gasteiger partial charge in [-0.25, -0.2) is 0 Å². The molecular weight excluding hydrogens is 652 g/mol. The van der Waals surface area contributed by atoms with Gasteiger partial charge in [0.2, 0.25) is 17.5 Å². The van der Waals surface area contributed by atoms with Crippen LogP contribution in [0.3, 0.4) is 0 Å². The maximum Gasteiger partial charge on any atom is 0.272 e. The van der Waals surface area contributed by atoms with Crippen molar-refractivity contribution in [3.8, 4) is 11.5 Å². The number of benzene rings is 1. The van der Waals surface area contributed by atoms with Crippen molar-refractivity contribution in [2.45, 2.75) is 126 Å². The zero-order valence-electron chi connectivity index (χ0n) is 32.4. The number of piperidine rings is 1. The van der Waals surface area contributed by atoms with Gasteiger partial charge in [0.1, 0.15) is 22.9 Å². The van der Waals surface area contributed by atoms with Gasteiger partial charge in [-0.3, -0.25) is 19.4 Å². The van der Waals surface area contributed by atoms with E-state index in [4.69, 9.17) is 14.5 Å². The van der Waals surface area contributed by atoms with Crippen LogP contribution in [0.1, 0.15) is 121 Å². The van der Waals surface area contributed by atoms with Gasteiger partial charge in [0.25, 0.3) is 5.79 Å². The lowest BCUT2D eigenvalue weighted by atomic mass is 9.79. The number of hydrogen-bond acceptors (Lipinski definition) is 11. The van der Waals surface area contributed by atoms with E-state index in [0.29, 0.717) is 30.2 Å². The number of aliphatic imine (C=N–C) groups is 1. The van der Waals surface area contributed by atoms with Crippen LogP contribution in [0.2, 0.25) is 0 Å². The molecular formula is C39H58N4O8. The maximum absolute atomic E-state index is 14.6. The van der Waals surface area contributed by atoms with E-state index in [1.54, 1.807) is 34.6 Å². The van der Waals surface area contributed by atoms with Gasteiger partial charge in [-0.15, -0.1) is 0 Å². The maximum atomic E-state index is 14.6. The predicted octanol–water partition coefficient (Wildman–Crippen LogP) is 4.46. The number of phenolic OH excluding ortho intramolecular Hbond substituents is 1. The third kappa shape index (κ3) is 6.62. The number of rotatable bonds is 11. The Labute approximate surface area is 302 Å². The molecule has 282 valence electrons. The lowest BCUT2D eigenvalue weighted by Gasteiger charge is -2.38. The van der Waals surface area contributed by atoms with Crippen molar-refractivity contribution in [2.24, 2.45) is 34.1 Å². The van der Waals surface area contributed by atoms with Crippen molar-refractivity contribution in [1.29, 1.82) is 0 Å². The third-order valence-corrected chi connectivity index (χ3v) is 12.0. The predicted molar refractivity (Wildman–Crippen MR) is 194 cm³/mol. The van der Waals surface area contributed by atoms with Crippen LogP contribution in [0, 0.1) is 36.0 Å². The Hall–Kier alpha value is -3.32. The summed E-state index contributed by atoms with van der Waals surface area (Å²) in [5, 5.41) is 39.2. The molecule has 0 bridgehead atoms. The molecule has 0 saturated carbocycles. The van der Waals surface area contributed by atoms with Crippen molar-refractivity contribution in [3.05, 3.63) is 33.6 Å². The molecule has 1 fully saturated rings. The minimum absolute atomic E-state index is 0.00912. The van der Waals surface area contributed by atoms with Gasteiger partial charge in [0.15, 0.2) is 0 Å². The van der Waals surface area contributed by atoms with Crippen LogP contribution >= 0.6 is 0 Å². The standard InChI is InChI=1S/C39H58N4O8/c1-18(2)17-43-15-13-39(14-16-43)41-28-25-26(33(47)30(29(28)42-39)40-36(49)37(10,11)19(3)4)32(46)22(7)34-27(25)35(48)38(12,51-34)50-24(9)21(6)31(45)20(5)23(8)44/h18-21,23-24,31,42,44-46H,13-17H2,1-12H3,(H,40,49)/t20-,21+,23+,24?,31-,38+/m1/s1. The Morgan fingerprint density at radius 1 is 1.02 bits per heavy atom. The summed E-state index contributed by atoms with van der Waals surface area (Å²) in [4.78, 5) is 50.5. The van der Waals surface area contributed by atoms with Gasteiger partial charge < -0.3 is 40.3 Å². The second kappa shape index (κ2) is 13.6. The average Bonchev–Trinajstić information content (AvgIpc) is 3.55. The highest BCUT2D eigenvalue weighted by atomic mass is 16.7. The van der Waals surface area contributed by atoms with Crippen molar-refractivity contribution < 1.29 is 39.2 Å². The number of hydrogen-bond donors (Lipinski definition) is 5. The molecule has 1 aliphatic carbocycles. The minimum atomic E-state index is -1.86. The fraction of sp³-hybridized carbons (Fsp3) is 0.692. The molecule has 0 aromatic heterocycles. The average molecular weight is 711 g/mol. The number of likely N-dealkylation sites (tertiary alicyclic amines) is 1. The molecule has 0 radical (unpaired) electrons. The normalized spacial score (nSPS) is 24.4. The molecule has 1 aromatic carbocycles. The fourth-order valence-electron chi connectivity index (χ4n) is 7.40. The summed E-state index contributed by atoms with van der Waals surface area (Å²) in [5.41, 5.74) is -0.690. The monoisotopic (exact) mass is 710 g/mol. The summed E-state index contributed by atoms with van der Waals surface area (Å²) in [6.07, 6.45) is -1.12. The molecule has 1 saturated heterocycles. The largest absolute Gasteiger partial charge is 0.507 e. The van der Waals surface area contributed by atoms with E-state index < -0.39 is 58.6 Å². The van der Waals surface area contributed by atoms with Crippen molar-refractivity contribution in [1.82, 2.24) is 15.5 Å². The summed E-state index contributed by atoms with van der Waals surface area (Å²) in [6, 6.07) is 0. The number of allylic oxidation sites excluding steroid dienone is 2. The number of ketones is 2. The Morgan fingerprint density at radius 3 is 2.18 bits per heavy atom. The first-order valence-corrected chi connectivity index (χ1v) is 18.5. The molecule has 6 atom stereocenters. The van der Waals surface area contributed by atoms with E-state index in [-0.39, 0.29) is 51.3 Å². The highest BCUT2D eigenvalue weighted by Crippen LogP contribution is 2.50. The lowest BCUT2D eigenvalue weighted by Crippen LogP contribution is -2.51. The van der Waals surface area contributed by atoms with Crippen LogP contribution in [0.4, 0.5) is 0 Å². The molecule has 12 heteroatoms. The Kier molecular flexibility index (Phi) is 10.4. The van der Waals surface area contributed by atoms with Crippen molar-refractivity contribution in [3.63, 3.8) is 0 Å². The van der Waals surface area contributed by atoms with E-state index in [0.717, 1.165) is 19.6 Å². The summed E-state index contributed by atoms with van der Waals surface area (Å²) < 4.78 is 12.6. The smallest absolute Gasteiger partial charge is 0.272 e. The lowest BCUT2D eigenvalue weighted by molar-refractivity contribution is -0.179. The molecule has 1 aromatic rings. The Bertz CT molecular complexity index is 1670. The first-order chi connectivity index (χ1) is 23.6. The second-order valence-electron chi connectivity index (χ2n) is 16.8. The van der Waals surface area contributed by atoms with Crippen LogP contribution < -0.4 is 15.4 Å². The number of ether oxygens (including phenoxy) is 2. The number of aliphatic hydroxyl groups is 2. The van der Waals surface area contributed by atoms with Gasteiger partial charge in [-0.05, 0) is 32.6 Å². The molecule has 1 spiro atoms. The number of nitrogens with one attached hydrogen (secondary N) is 2. The molecule has 3 aliphatic heterocycles. The van der Waals surface area contributed by atoms with Crippen LogP contribution in [-0.2, 0) is 9.53 Å². The first kappa shape index (κ1) is 38.9. The molecule has 4 aliphatic rings. The van der Waals surface area contributed by atoms with E-state index in [1.807, 2.05) is 27.7 Å². The summed E-state index contributed by atoms with van der Waals surface area (Å²) >= 11 is 0. The number of Topliss-reactive ketones (excluding diaryl/α,β-unsaturated/α-hetero) is 2. The Balaban J connectivity index is 1.61. The number of fused-ring (bicyclic) bond motifs is 5. The SMILES string of the molecule is Cc1c(O)c2c(c3c1O[C@](C)(OC(C)[C@H](C)[C@H](O)[C@H](C)[C@H](C)O)C3=O)C1=NC3(CCN(CC(C)C)CC3)NC1=C(NC(=O)C(C)(C)C(C)C)C2=O. The topological polar surface area (TPSA) is 170 Å². The molecule has 3 heterocycles. The third-order valence-electron chi connectivity index (χ3n) is 12.0. The quantitative estimate of drug-likeness (QED) is 0.221. The van der Waals surface area contributed by atoms with E-state index in [1.165, 1.54) is 6.92 Å². The number of aliphatic hydroxyl groups excluding tert-OH is 2. The fourth-order valence-corrected chi connectivity index (χ4v) is 7.40. The number of phenols is 1. The zero-order chi connectivity index (χ0) is 38.1. The highest BCUT2D eigenvalue weighted by Gasteiger charge is 2.55. The molecule has 5 N–H and O–H groups in total. The van der Waals surface area contributed by atoms with Crippen molar-refractivity contribution in [2.75, 3.05) is 19.6 Å². The van der Waals surface area contributed by atoms with E-state index in [2.05, 4.69) is 29.4 Å². The van der Waals surface area contributed by atoms with Crippen molar-refractivity contribution >= 4 is 23.2 Å². The molecule has 1 amide bonds. The zero-order valence-corrected chi connectivity index (χ0v) is 32.4. The van der Waals surface area contributed by atoms with Gasteiger partial charge in [0, 0.05) is 67.8 Å². The van der Waals surface area contributed by atoms with E-state index in [9.17, 15) is 29.7 Å². The molecule has 12 nitrogen and oxygen atoms in total. The number of amides is 1. The minimum Gasteiger partial charge on any atom is -0.507 e. The number of carbonyl (C=O) groups excluding carboxylic acids is 3. The Morgan fingerprint density at radius 2 is 1.63 bits per heavy atom. The molecule has 5 rings (SSSR count). The first-order valence-electron chi connectivity index (χ1n) is 18.5. The van der Waals surface area contributed by atoms with Gasteiger partial charge >= 0.3 is 0 Å². The van der Waals surface area contributed by atoms with Crippen LogP contribution in [-0.4, -0.2) is 92.8 Å². The summed E-state index contributed by atoms with van der Waals surface area (Å²) in [5.74, 6) is -4.14. The van der Waals surface area contributed by atoms with E-state index >= 15 is 0 Å². The highest BCUT2D eigenvalue weighted by molar-refractivity contribution is 6.34. The number of carbonyl (C=O) groups is 3. The summed E-state index contributed by atoms with van der Waals surface area (Å²) in [6.45, 7) is 24.3. The molecule has 1 unspecified atom stereocenters. The summed E-state index contributed by atoms with van der Waals surface area (Å²) in [7, 11) is 0. The van der Waals surface area contributed by atoms with Gasteiger partial charge in [-0.1, -0.05) is 55.4 Å².